The predicted molar refractivity (Wildman–Crippen MR) is 79.0 cm³/mol. The second kappa shape index (κ2) is 6.66. The summed E-state index contributed by atoms with van der Waals surface area (Å²) in [5.41, 5.74) is 0.0562. The molecule has 0 bridgehead atoms. The van der Waals surface area contributed by atoms with Crippen LogP contribution in [0.15, 0.2) is 41.6 Å². The van der Waals surface area contributed by atoms with Crippen LogP contribution in [-0.2, 0) is 6.54 Å². The lowest BCUT2D eigenvalue weighted by atomic mass is 10.1. The maximum Gasteiger partial charge on any atom is 0.341 e. The molecule has 0 aliphatic carbocycles. The van der Waals surface area contributed by atoms with Crippen molar-refractivity contribution in [3.8, 4) is 0 Å². The van der Waals surface area contributed by atoms with Crippen molar-refractivity contribution in [3.63, 3.8) is 0 Å². The minimum atomic E-state index is -1.25. The number of aromatic nitrogens is 2. The van der Waals surface area contributed by atoms with Crippen LogP contribution in [0.25, 0.3) is 0 Å². The quantitative estimate of drug-likeness (QED) is 0.845. The lowest BCUT2D eigenvalue weighted by molar-refractivity contribution is 0.0693. The number of hydrogen-bond donors (Lipinski definition) is 2. The van der Waals surface area contributed by atoms with Crippen LogP contribution in [0.1, 0.15) is 26.3 Å². The van der Waals surface area contributed by atoms with E-state index in [9.17, 15) is 14.4 Å². The number of carbonyl (C=O) groups is 2. The molecule has 0 aliphatic rings. The molecule has 1 amide bonds. The van der Waals surface area contributed by atoms with Gasteiger partial charge in [0.05, 0.1) is 0 Å². The summed E-state index contributed by atoms with van der Waals surface area (Å²) in [5, 5.41) is 11.7. The van der Waals surface area contributed by atoms with E-state index in [1.54, 1.807) is 25.1 Å². The summed E-state index contributed by atoms with van der Waals surface area (Å²) in [6.45, 7) is 1.97. The van der Waals surface area contributed by atoms with Crippen molar-refractivity contribution in [2.45, 2.75) is 13.5 Å². The topological polar surface area (TPSA) is 101 Å². The highest BCUT2D eigenvalue weighted by molar-refractivity contribution is 5.93. The first-order valence-electron chi connectivity index (χ1n) is 6.62. The Hall–Kier alpha value is -2.96. The second-order valence-corrected chi connectivity index (χ2v) is 4.67. The SMILES string of the molecule is Cc1ccn(CCNC(=O)c2ccncc2)c(=O)c1C(=O)O. The third-order valence-corrected chi connectivity index (χ3v) is 3.17. The maximum atomic E-state index is 12.0. The van der Waals surface area contributed by atoms with Crippen molar-refractivity contribution in [2.75, 3.05) is 6.54 Å². The summed E-state index contributed by atoms with van der Waals surface area (Å²) in [7, 11) is 0. The van der Waals surface area contributed by atoms with Gasteiger partial charge in [0.25, 0.3) is 11.5 Å². The van der Waals surface area contributed by atoms with Gasteiger partial charge in [0.1, 0.15) is 5.56 Å². The first kappa shape index (κ1) is 15.4. The Bertz CT molecular complexity index is 753. The van der Waals surface area contributed by atoms with Crippen molar-refractivity contribution >= 4 is 11.9 Å². The Labute approximate surface area is 126 Å². The van der Waals surface area contributed by atoms with Crippen molar-refractivity contribution in [1.82, 2.24) is 14.9 Å². The summed E-state index contributed by atoms with van der Waals surface area (Å²) in [5.74, 6) is -1.53. The van der Waals surface area contributed by atoms with Crippen LogP contribution in [0.3, 0.4) is 0 Å². The molecule has 0 aliphatic heterocycles. The fourth-order valence-electron chi connectivity index (χ4n) is 2.00. The van der Waals surface area contributed by atoms with E-state index in [1.165, 1.54) is 23.2 Å². The summed E-state index contributed by atoms with van der Waals surface area (Å²) in [6, 6.07) is 4.72. The predicted octanol–water partition coefficient (Wildman–Crippen LogP) is 0.680. The molecular weight excluding hydrogens is 286 g/mol. The summed E-state index contributed by atoms with van der Waals surface area (Å²) < 4.78 is 1.27. The van der Waals surface area contributed by atoms with Crippen LogP contribution in [-0.4, -0.2) is 33.1 Å². The Morgan fingerprint density at radius 1 is 1.27 bits per heavy atom. The molecule has 0 spiro atoms. The van der Waals surface area contributed by atoms with Gasteiger partial charge in [0, 0.05) is 37.2 Å². The van der Waals surface area contributed by atoms with Crippen LogP contribution >= 0.6 is 0 Å². The van der Waals surface area contributed by atoms with Gasteiger partial charge in [-0.3, -0.25) is 14.6 Å². The zero-order valence-corrected chi connectivity index (χ0v) is 11.9. The number of hydrogen-bond acceptors (Lipinski definition) is 4. The molecule has 0 aromatic carbocycles. The lowest BCUT2D eigenvalue weighted by Crippen LogP contribution is -2.33. The Kier molecular flexibility index (Phi) is 4.67. The fraction of sp³-hybridized carbons (Fsp3) is 0.200. The number of pyridine rings is 2. The number of aromatic carboxylic acids is 1. The Morgan fingerprint density at radius 3 is 2.59 bits per heavy atom. The molecule has 0 saturated carbocycles. The number of carboxylic acid groups (broad SMARTS) is 1. The molecule has 2 aromatic heterocycles. The van der Waals surface area contributed by atoms with Crippen molar-refractivity contribution in [1.29, 1.82) is 0 Å². The smallest absolute Gasteiger partial charge is 0.341 e. The third kappa shape index (κ3) is 3.38. The van der Waals surface area contributed by atoms with Crippen LogP contribution in [0, 0.1) is 6.92 Å². The number of nitrogens with zero attached hydrogens (tertiary/aromatic N) is 2. The zero-order chi connectivity index (χ0) is 16.1. The largest absolute Gasteiger partial charge is 0.477 e. The number of aryl methyl sites for hydroxylation is 1. The summed E-state index contributed by atoms with van der Waals surface area (Å²) >= 11 is 0. The highest BCUT2D eigenvalue weighted by Gasteiger charge is 2.14. The molecule has 2 heterocycles. The molecule has 0 radical (unpaired) electrons. The number of amides is 1. The normalized spacial score (nSPS) is 10.2. The molecule has 2 rings (SSSR count). The van der Waals surface area contributed by atoms with E-state index in [0.717, 1.165) is 0 Å². The molecular formula is C15H15N3O4. The minimum Gasteiger partial charge on any atom is -0.477 e. The highest BCUT2D eigenvalue weighted by Crippen LogP contribution is 2.01. The van der Waals surface area contributed by atoms with Gasteiger partial charge in [-0.1, -0.05) is 0 Å². The first-order chi connectivity index (χ1) is 10.5. The second-order valence-electron chi connectivity index (χ2n) is 4.67. The van der Waals surface area contributed by atoms with E-state index in [4.69, 9.17) is 5.11 Å². The van der Waals surface area contributed by atoms with Gasteiger partial charge in [-0.2, -0.15) is 0 Å². The number of rotatable bonds is 5. The van der Waals surface area contributed by atoms with Gasteiger partial charge < -0.3 is 15.0 Å². The minimum absolute atomic E-state index is 0.191. The van der Waals surface area contributed by atoms with E-state index in [-0.39, 0.29) is 24.6 Å². The van der Waals surface area contributed by atoms with Crippen LogP contribution in [0.2, 0.25) is 0 Å². The van der Waals surface area contributed by atoms with Gasteiger partial charge in [-0.25, -0.2) is 4.79 Å². The fourth-order valence-corrected chi connectivity index (χ4v) is 2.00. The maximum absolute atomic E-state index is 12.0. The van der Waals surface area contributed by atoms with Gasteiger partial charge >= 0.3 is 5.97 Å². The van der Waals surface area contributed by atoms with Crippen molar-refractivity contribution < 1.29 is 14.7 Å². The Balaban J connectivity index is 2.04. The van der Waals surface area contributed by atoms with E-state index in [1.807, 2.05) is 0 Å². The standard InChI is InChI=1S/C15H15N3O4/c1-10-4-8-18(14(20)12(10)15(21)22)9-7-17-13(19)11-2-5-16-6-3-11/h2-6,8H,7,9H2,1H3,(H,17,19)(H,21,22). The van der Waals surface area contributed by atoms with Gasteiger partial charge in [0.15, 0.2) is 0 Å². The molecule has 0 unspecified atom stereocenters. The zero-order valence-electron chi connectivity index (χ0n) is 11.9. The average Bonchev–Trinajstić information content (AvgIpc) is 2.50. The molecule has 2 aromatic rings. The highest BCUT2D eigenvalue weighted by atomic mass is 16.4. The third-order valence-electron chi connectivity index (χ3n) is 3.17. The monoisotopic (exact) mass is 301 g/mol. The average molecular weight is 301 g/mol. The summed E-state index contributed by atoms with van der Waals surface area (Å²) in [4.78, 5) is 38.8. The molecule has 0 saturated heterocycles. The molecule has 0 atom stereocenters. The van der Waals surface area contributed by atoms with E-state index >= 15 is 0 Å². The molecule has 2 N–H and O–H groups in total. The van der Waals surface area contributed by atoms with Crippen LogP contribution < -0.4 is 10.9 Å². The molecule has 22 heavy (non-hydrogen) atoms. The molecule has 114 valence electrons. The molecule has 7 nitrogen and oxygen atoms in total. The van der Waals surface area contributed by atoms with Gasteiger partial charge in [-0.05, 0) is 30.7 Å². The van der Waals surface area contributed by atoms with E-state index in [2.05, 4.69) is 10.3 Å². The number of nitrogens with one attached hydrogen (secondary N) is 1. The number of carbonyl (C=O) groups excluding carboxylic acids is 1. The first-order valence-corrected chi connectivity index (χ1v) is 6.62. The molecule has 0 fully saturated rings. The van der Waals surface area contributed by atoms with Crippen LogP contribution in [0.5, 0.6) is 0 Å². The Morgan fingerprint density at radius 2 is 1.95 bits per heavy atom. The van der Waals surface area contributed by atoms with Gasteiger partial charge in [-0.15, -0.1) is 0 Å². The van der Waals surface area contributed by atoms with Crippen molar-refractivity contribution in [2.24, 2.45) is 0 Å². The van der Waals surface area contributed by atoms with E-state index in [0.29, 0.717) is 11.1 Å². The molecule has 7 heteroatoms. The van der Waals surface area contributed by atoms with Crippen molar-refractivity contribution in [3.05, 3.63) is 63.8 Å². The van der Waals surface area contributed by atoms with Crippen LogP contribution in [0.4, 0.5) is 0 Å². The number of carboxylic acids is 1. The lowest BCUT2D eigenvalue weighted by Gasteiger charge is -2.09. The van der Waals surface area contributed by atoms with Gasteiger partial charge in [0.2, 0.25) is 0 Å². The van der Waals surface area contributed by atoms with E-state index < -0.39 is 11.5 Å². The summed E-state index contributed by atoms with van der Waals surface area (Å²) in [6.07, 6.45) is 4.54.